The number of amides is 1. The fraction of sp³-hybridized carbons (Fsp3) is 0.556. The van der Waals surface area contributed by atoms with Crippen molar-refractivity contribution >= 4 is 39.2 Å². The number of hydrogen-bond acceptors (Lipinski definition) is 3. The Labute approximate surface area is 191 Å². The van der Waals surface area contributed by atoms with Crippen LogP contribution in [-0.4, -0.2) is 11.0 Å². The van der Waals surface area contributed by atoms with Crippen LogP contribution in [0.2, 0.25) is 0 Å². The molecular formula is C27H37NO2S. The molecule has 0 aromatic heterocycles. The van der Waals surface area contributed by atoms with Crippen molar-refractivity contribution in [3.8, 4) is 0 Å². The van der Waals surface area contributed by atoms with Crippen molar-refractivity contribution in [1.82, 2.24) is 0 Å². The molecular weight excluding hydrogens is 402 g/mol. The zero-order chi connectivity index (χ0) is 22.4. The van der Waals surface area contributed by atoms with Gasteiger partial charge in [-0.2, -0.15) is 0 Å². The lowest BCUT2D eigenvalue weighted by molar-refractivity contribution is -0.128. The summed E-state index contributed by atoms with van der Waals surface area (Å²) in [5.41, 5.74) is 0.488. The molecule has 3 rings (SSSR count). The van der Waals surface area contributed by atoms with Crippen LogP contribution < -0.4 is 5.32 Å². The maximum atomic E-state index is 13.8. The zero-order valence-corrected chi connectivity index (χ0v) is 20.3. The Morgan fingerprint density at radius 1 is 1.00 bits per heavy atom. The van der Waals surface area contributed by atoms with Crippen LogP contribution in [0.4, 0.5) is 5.69 Å². The van der Waals surface area contributed by atoms with Crippen molar-refractivity contribution in [2.75, 3.05) is 5.32 Å². The molecule has 4 heteroatoms. The second kappa shape index (κ2) is 10.7. The third kappa shape index (κ3) is 5.71. The van der Waals surface area contributed by atoms with Crippen molar-refractivity contribution in [3.63, 3.8) is 0 Å². The lowest BCUT2D eigenvalue weighted by atomic mass is 9.67. The van der Waals surface area contributed by atoms with E-state index in [1.165, 1.54) is 18.2 Å². The molecule has 1 aliphatic rings. The minimum Gasteiger partial charge on any atom is -0.325 e. The van der Waals surface area contributed by atoms with Crippen LogP contribution in [-0.2, 0) is 9.59 Å². The van der Waals surface area contributed by atoms with Crippen LogP contribution in [0.25, 0.3) is 10.8 Å². The Kier molecular flexibility index (Phi) is 8.21. The summed E-state index contributed by atoms with van der Waals surface area (Å²) in [4.78, 5) is 27.1. The van der Waals surface area contributed by atoms with E-state index in [-0.39, 0.29) is 22.4 Å². The molecule has 0 saturated heterocycles. The topological polar surface area (TPSA) is 46.2 Å². The van der Waals surface area contributed by atoms with E-state index >= 15 is 0 Å². The van der Waals surface area contributed by atoms with Crippen molar-refractivity contribution in [2.24, 2.45) is 17.3 Å². The molecule has 3 nitrogen and oxygen atoms in total. The zero-order valence-electron chi connectivity index (χ0n) is 19.5. The minimum absolute atomic E-state index is 0.0559. The fourth-order valence-corrected chi connectivity index (χ4v) is 5.62. The van der Waals surface area contributed by atoms with Gasteiger partial charge in [0.25, 0.3) is 0 Å². The van der Waals surface area contributed by atoms with Gasteiger partial charge in [-0.15, -0.1) is 0 Å². The fourth-order valence-electron chi connectivity index (χ4n) is 4.77. The highest BCUT2D eigenvalue weighted by Crippen LogP contribution is 2.44. The molecule has 168 valence electrons. The molecule has 1 fully saturated rings. The largest absolute Gasteiger partial charge is 0.325 e. The first-order valence-corrected chi connectivity index (χ1v) is 12.8. The van der Waals surface area contributed by atoms with Crippen molar-refractivity contribution in [2.45, 2.75) is 84.0 Å². The summed E-state index contributed by atoms with van der Waals surface area (Å²) in [5, 5.41) is 5.59. The normalized spacial score (nSPS) is 16.1. The lowest BCUT2D eigenvalue weighted by Crippen LogP contribution is -2.39. The van der Waals surface area contributed by atoms with Crippen molar-refractivity contribution in [1.29, 1.82) is 0 Å². The number of carbonyl (C=O) groups excluding carboxylic acids is 2. The molecule has 0 heterocycles. The quantitative estimate of drug-likeness (QED) is 0.426. The van der Waals surface area contributed by atoms with Crippen molar-refractivity contribution < 1.29 is 9.59 Å². The van der Waals surface area contributed by atoms with Gasteiger partial charge in [0.15, 0.2) is 5.12 Å². The molecule has 1 aliphatic carbocycles. The number of anilines is 1. The Balaban J connectivity index is 1.95. The maximum absolute atomic E-state index is 13.8. The van der Waals surface area contributed by atoms with Crippen LogP contribution in [0.15, 0.2) is 41.3 Å². The van der Waals surface area contributed by atoms with Crippen LogP contribution in [0.3, 0.4) is 0 Å². The van der Waals surface area contributed by atoms with Gasteiger partial charge in [0.1, 0.15) is 0 Å². The van der Waals surface area contributed by atoms with Gasteiger partial charge in [-0.05, 0) is 59.8 Å². The van der Waals surface area contributed by atoms with E-state index in [9.17, 15) is 9.59 Å². The van der Waals surface area contributed by atoms with E-state index < -0.39 is 0 Å². The Morgan fingerprint density at radius 2 is 1.61 bits per heavy atom. The molecule has 0 bridgehead atoms. The van der Waals surface area contributed by atoms with E-state index in [4.69, 9.17) is 0 Å². The number of rotatable bonds is 8. The second-order valence-corrected chi connectivity index (χ2v) is 10.5. The molecule has 31 heavy (non-hydrogen) atoms. The summed E-state index contributed by atoms with van der Waals surface area (Å²) in [5.74, 6) is 0.671. The Morgan fingerprint density at radius 3 is 2.19 bits per heavy atom. The Hall–Kier alpha value is -1.81. The SMILES string of the molecule is CCC(CC)CC1(C(=O)Nc2cc3ccccc3cc2SC(=O)C(C)C)CCCCC1. The Bertz CT molecular complexity index is 911. The summed E-state index contributed by atoms with van der Waals surface area (Å²) >= 11 is 1.25. The molecule has 0 radical (unpaired) electrons. The third-order valence-electron chi connectivity index (χ3n) is 6.90. The highest BCUT2D eigenvalue weighted by atomic mass is 32.2. The van der Waals surface area contributed by atoms with E-state index in [1.54, 1.807) is 0 Å². The highest BCUT2D eigenvalue weighted by molar-refractivity contribution is 8.13. The van der Waals surface area contributed by atoms with E-state index in [0.717, 1.165) is 66.3 Å². The molecule has 0 aliphatic heterocycles. The number of hydrogen-bond donors (Lipinski definition) is 1. The average molecular weight is 440 g/mol. The predicted molar refractivity (Wildman–Crippen MR) is 132 cm³/mol. The van der Waals surface area contributed by atoms with Gasteiger partial charge in [0.2, 0.25) is 5.91 Å². The molecule has 1 amide bonds. The number of fused-ring (bicyclic) bond motifs is 1. The van der Waals surface area contributed by atoms with Crippen LogP contribution >= 0.6 is 11.8 Å². The first-order valence-electron chi connectivity index (χ1n) is 11.9. The molecule has 1 N–H and O–H groups in total. The molecule has 2 aromatic rings. The lowest BCUT2D eigenvalue weighted by Gasteiger charge is -2.38. The first kappa shape index (κ1) is 23.8. The molecule has 1 saturated carbocycles. The van der Waals surface area contributed by atoms with Gasteiger partial charge in [-0.25, -0.2) is 0 Å². The standard InChI is InChI=1S/C27H37NO2S/c1-5-20(6-2)18-27(14-10-7-11-15-27)26(30)28-23-16-21-12-8-9-13-22(21)17-24(23)31-25(29)19(3)4/h8-9,12-13,16-17,19-20H,5-7,10-11,14-15,18H2,1-4H3,(H,28,30). The number of benzene rings is 2. The number of thioether (sulfide) groups is 1. The predicted octanol–water partition coefficient (Wildman–Crippen LogP) is 7.83. The molecule has 2 aromatic carbocycles. The highest BCUT2D eigenvalue weighted by Gasteiger charge is 2.40. The van der Waals surface area contributed by atoms with E-state index in [1.807, 2.05) is 38.1 Å². The van der Waals surface area contributed by atoms with E-state index in [0.29, 0.717) is 5.92 Å². The maximum Gasteiger partial charge on any atom is 0.230 e. The molecule has 0 spiro atoms. The van der Waals surface area contributed by atoms with Crippen LogP contribution in [0, 0.1) is 17.3 Å². The number of carbonyl (C=O) groups is 2. The third-order valence-corrected chi connectivity index (χ3v) is 8.13. The van der Waals surface area contributed by atoms with Gasteiger partial charge in [0.05, 0.1) is 5.69 Å². The van der Waals surface area contributed by atoms with Gasteiger partial charge in [-0.3, -0.25) is 9.59 Å². The van der Waals surface area contributed by atoms with Gasteiger partial charge in [-0.1, -0.05) is 84.1 Å². The average Bonchev–Trinajstić information content (AvgIpc) is 2.78. The summed E-state index contributed by atoms with van der Waals surface area (Å²) in [6.07, 6.45) is 8.60. The first-order chi connectivity index (χ1) is 14.9. The second-order valence-electron chi connectivity index (χ2n) is 9.45. The van der Waals surface area contributed by atoms with Crippen LogP contribution in [0.1, 0.15) is 79.1 Å². The van der Waals surface area contributed by atoms with Gasteiger partial charge >= 0.3 is 0 Å². The minimum atomic E-state index is -0.287. The van der Waals surface area contributed by atoms with Gasteiger partial charge in [0, 0.05) is 16.2 Å². The van der Waals surface area contributed by atoms with Crippen molar-refractivity contribution in [3.05, 3.63) is 36.4 Å². The van der Waals surface area contributed by atoms with E-state index in [2.05, 4.69) is 31.3 Å². The smallest absolute Gasteiger partial charge is 0.230 e. The molecule has 0 unspecified atom stereocenters. The summed E-state index contributed by atoms with van der Waals surface area (Å²) in [7, 11) is 0. The van der Waals surface area contributed by atoms with Crippen LogP contribution in [0.5, 0.6) is 0 Å². The summed E-state index contributed by atoms with van der Waals surface area (Å²) in [6, 6.07) is 12.2. The summed E-state index contributed by atoms with van der Waals surface area (Å²) < 4.78 is 0. The monoisotopic (exact) mass is 439 g/mol. The summed E-state index contributed by atoms with van der Waals surface area (Å²) in [6.45, 7) is 8.30. The molecule has 0 atom stereocenters. The van der Waals surface area contributed by atoms with Gasteiger partial charge < -0.3 is 5.32 Å². The number of nitrogens with one attached hydrogen (secondary N) is 1.